The number of nitrogens with two attached hydrogens (primary N) is 2. The van der Waals surface area contributed by atoms with Gasteiger partial charge in [0.1, 0.15) is 84.8 Å². The number of hydrogen-bond donors (Lipinski definition) is 25. The highest BCUT2D eigenvalue weighted by atomic mass is 16.4. The minimum absolute atomic E-state index is 0.0532. The van der Waals surface area contributed by atoms with E-state index >= 15 is 0 Å². The van der Waals surface area contributed by atoms with Gasteiger partial charge in [-0.25, -0.2) is 4.98 Å². The van der Waals surface area contributed by atoms with Crippen molar-refractivity contribution in [3.63, 3.8) is 0 Å². The molecule has 0 aliphatic carbocycles. The van der Waals surface area contributed by atoms with Crippen LogP contribution in [0.2, 0.25) is 0 Å². The molecule has 0 saturated heterocycles. The molecule has 116 heavy (non-hydrogen) atoms. The predicted octanol–water partition coefficient (Wildman–Crippen LogP) is -7.60. The van der Waals surface area contributed by atoms with Gasteiger partial charge in [-0.1, -0.05) is 100 Å². The summed E-state index contributed by atoms with van der Waals surface area (Å²) in [4.78, 5) is 236. The van der Waals surface area contributed by atoms with Crippen LogP contribution < -0.4 is 91.2 Å². The highest BCUT2D eigenvalue weighted by molar-refractivity contribution is 6.01. The summed E-state index contributed by atoms with van der Waals surface area (Å²) in [7, 11) is 0. The van der Waals surface area contributed by atoms with E-state index in [2.05, 4.69) is 73.8 Å². The van der Waals surface area contributed by atoms with Crippen LogP contribution in [0.4, 0.5) is 0 Å². The molecule has 4 rings (SSSR count). The second-order valence-electron chi connectivity index (χ2n) is 27.5. The summed E-state index contributed by atoms with van der Waals surface area (Å²) in [6, 6.07) is 1.21. The second-order valence-corrected chi connectivity index (χ2v) is 27.5. The molecular weight excluding hydrogens is 1520 g/mol. The van der Waals surface area contributed by atoms with Crippen LogP contribution in [0.15, 0.2) is 97.5 Å². The van der Waals surface area contributed by atoms with Gasteiger partial charge in [-0.05, 0) is 67.3 Å². The smallest absolute Gasteiger partial charge is 0.322 e. The van der Waals surface area contributed by atoms with Crippen molar-refractivity contribution < 1.29 is 112 Å². The number of carbonyl (C=O) groups excluding carboxylic acids is 14. The summed E-state index contributed by atoms with van der Waals surface area (Å²) in [6.07, 6.45) is -2.79. The first-order valence-electron chi connectivity index (χ1n) is 36.5. The Balaban J connectivity index is 1.59. The van der Waals surface area contributed by atoms with Crippen molar-refractivity contribution in [2.75, 3.05) is 32.8 Å². The number of aromatic hydroxyl groups is 1. The van der Waals surface area contributed by atoms with E-state index in [9.17, 15) is 107 Å². The molecular formula is C73H102N20O23. The van der Waals surface area contributed by atoms with Gasteiger partial charge >= 0.3 is 17.9 Å². The molecule has 14 amide bonds. The zero-order valence-corrected chi connectivity index (χ0v) is 64.3. The zero-order valence-electron chi connectivity index (χ0n) is 64.3. The molecule has 0 radical (unpaired) electrons. The normalized spacial score (nSPS) is 14.3. The quantitative estimate of drug-likeness (QED) is 0.0111. The number of nitrogens with zero attached hydrogens (tertiary/aromatic N) is 1. The number of guanidine groups is 1. The third kappa shape index (κ3) is 33.6. The Morgan fingerprint density at radius 3 is 1.30 bits per heavy atom. The third-order valence-electron chi connectivity index (χ3n) is 17.3. The SMILES string of the molecule is CC(C)[C@H](NC(=O)CN)C(=O)NCC(=O)N[C@@H](CCCNC(=N)N)C(=O)N[C@@H](Cc1cnc[nH]1)C(=O)N[C@@H](Cc1ccccc1)C(=O)N[C@@H](Cc1ccc(O)cc1)C(=O)N[C@@H](C)C(=O)N[C@H](C(=O)N[C@H](C(=O)N[C@@H](Cc1ccccc1)C(=O)N[C@@H](CO)C(=O)N[C@@H](CC(=O)O)C(=O)N[C@@H](CC(=O)O)C(=O)NCC(=O)O)[C@@H](C)O)C(C)C. The highest BCUT2D eigenvalue weighted by Gasteiger charge is 2.39. The summed E-state index contributed by atoms with van der Waals surface area (Å²) in [6.45, 7) is 5.25. The topological polar surface area (TPSA) is 697 Å². The molecule has 3 aromatic carbocycles. The number of amides is 14. The Labute approximate surface area is 664 Å². The van der Waals surface area contributed by atoms with Crippen molar-refractivity contribution in [3.8, 4) is 5.75 Å². The first kappa shape index (κ1) is 95.2. The number of carboxylic acid groups (broad SMARTS) is 3. The molecule has 43 nitrogen and oxygen atoms in total. The van der Waals surface area contributed by atoms with Gasteiger partial charge in [-0.2, -0.15) is 0 Å². The van der Waals surface area contributed by atoms with Crippen molar-refractivity contribution in [3.05, 3.63) is 120 Å². The van der Waals surface area contributed by atoms with E-state index in [1.54, 1.807) is 62.4 Å². The number of nitrogens with one attached hydrogen (secondary N) is 17. The summed E-state index contributed by atoms with van der Waals surface area (Å²) >= 11 is 0. The third-order valence-corrected chi connectivity index (χ3v) is 17.3. The fraction of sp³-hybridized carbons (Fsp3) is 0.466. The van der Waals surface area contributed by atoms with Crippen molar-refractivity contribution in [1.82, 2.24) is 89.7 Å². The predicted molar refractivity (Wildman–Crippen MR) is 408 cm³/mol. The standard InChI is InChI=1S/C73H102N20O23/c1-36(2)58(91-53(97)30-74)70(114)79-32-54(98)83-45(18-13-23-78-73(75)76)63(107)86-49(27-43-31-77-35-81-43)67(111)85-47(24-40-14-9-7-10-15-40)65(109)84-46(26-42-19-21-44(96)22-20-42)64(108)82-38(5)61(105)92-59(37(3)4)71(115)93-60(39(6)95)72(116)89-48(25-41-16-11-8-12-17-41)66(110)90-52(34-94)69(113)88-51(29-56(101)102)68(112)87-50(28-55(99)100)62(106)80-33-57(103)104/h7-12,14-17,19-22,31,35-39,45-52,58-60,94-96H,13,18,23-30,32-34,74H2,1-6H3,(H,77,81)(H,79,114)(H,80,106)(H,82,108)(H,83,98)(H,84,109)(H,85,111)(H,86,107)(H,87,112)(H,88,113)(H,89,116)(H,90,110)(H,91,97)(H,92,105)(H,93,115)(H,99,100)(H,101,102)(H,103,104)(H4,75,76,78)/t38-,39+,45-,46-,47-,48-,49-,50-,51-,52-,58-,59-,60-/m0/s1. The van der Waals surface area contributed by atoms with E-state index in [0.717, 1.165) is 6.92 Å². The largest absolute Gasteiger partial charge is 0.508 e. The molecule has 0 saturated carbocycles. The maximum atomic E-state index is 14.9. The average molecular weight is 1630 g/mol. The number of carboxylic acids is 3. The van der Waals surface area contributed by atoms with Crippen LogP contribution in [0.3, 0.4) is 0 Å². The molecule has 0 aliphatic heterocycles. The Bertz CT molecular complexity index is 4060. The minimum Gasteiger partial charge on any atom is -0.508 e. The number of aromatic nitrogens is 2. The molecule has 13 atom stereocenters. The van der Waals surface area contributed by atoms with Crippen molar-refractivity contribution in [2.45, 2.75) is 172 Å². The number of aliphatic hydroxyl groups excluding tert-OH is 2. The van der Waals surface area contributed by atoms with Crippen LogP contribution in [-0.2, 0) is 107 Å². The molecule has 0 spiro atoms. The molecule has 0 unspecified atom stereocenters. The van der Waals surface area contributed by atoms with Crippen molar-refractivity contribution in [1.29, 1.82) is 5.41 Å². The van der Waals surface area contributed by atoms with Gasteiger partial charge in [0.2, 0.25) is 82.7 Å². The summed E-state index contributed by atoms with van der Waals surface area (Å²) < 4.78 is 0. The number of rotatable bonds is 49. The maximum Gasteiger partial charge on any atom is 0.322 e. The lowest BCUT2D eigenvalue weighted by atomic mass is 10.0. The lowest BCUT2D eigenvalue weighted by Crippen LogP contribution is -2.63. The summed E-state index contributed by atoms with van der Waals surface area (Å²) in [5.41, 5.74) is 12.4. The summed E-state index contributed by atoms with van der Waals surface area (Å²) in [5.74, 6) is -21.7. The van der Waals surface area contributed by atoms with Gasteiger partial charge in [0.05, 0.1) is 45.0 Å². The van der Waals surface area contributed by atoms with Crippen molar-refractivity contribution in [2.24, 2.45) is 23.3 Å². The number of imidazole rings is 1. The van der Waals surface area contributed by atoms with Gasteiger partial charge in [-0.15, -0.1) is 0 Å². The number of hydrogen-bond acceptors (Lipinski definition) is 23. The Kier molecular flexibility index (Phi) is 39.4. The molecule has 1 heterocycles. The van der Waals surface area contributed by atoms with Crippen LogP contribution >= 0.6 is 0 Å². The fourth-order valence-electron chi connectivity index (χ4n) is 11.1. The molecule has 0 bridgehead atoms. The zero-order chi connectivity index (χ0) is 86.5. The monoisotopic (exact) mass is 1630 g/mol. The Morgan fingerprint density at radius 1 is 0.431 bits per heavy atom. The van der Waals surface area contributed by atoms with Crippen LogP contribution in [0, 0.1) is 17.2 Å². The number of benzene rings is 3. The lowest BCUT2D eigenvalue weighted by molar-refractivity contribution is -0.144. The van der Waals surface area contributed by atoms with E-state index < -0.39 is 243 Å². The highest BCUT2D eigenvalue weighted by Crippen LogP contribution is 2.15. The molecule has 0 aliphatic rings. The van der Waals surface area contributed by atoms with Gasteiger partial charge < -0.3 is 127 Å². The maximum absolute atomic E-state index is 14.9. The lowest BCUT2D eigenvalue weighted by Gasteiger charge is -2.29. The molecule has 4 aromatic rings. The number of carbonyl (C=O) groups is 17. The molecule has 0 fully saturated rings. The Hall–Kier alpha value is -13.2. The van der Waals surface area contributed by atoms with E-state index in [1.165, 1.54) is 69.7 Å². The van der Waals surface area contributed by atoms with E-state index in [4.69, 9.17) is 22.0 Å². The van der Waals surface area contributed by atoms with Crippen LogP contribution in [0.1, 0.15) is 89.6 Å². The van der Waals surface area contributed by atoms with Gasteiger partial charge in [0.25, 0.3) is 0 Å². The molecule has 1 aromatic heterocycles. The first-order valence-corrected chi connectivity index (χ1v) is 36.5. The average Bonchev–Trinajstić information content (AvgIpc) is 0.980. The Morgan fingerprint density at radius 2 is 0.845 bits per heavy atom. The number of phenolic OH excluding ortho intramolecular Hbond substituents is 1. The number of aliphatic hydroxyl groups is 2. The fourth-order valence-corrected chi connectivity index (χ4v) is 11.1. The van der Waals surface area contributed by atoms with Crippen LogP contribution in [0.5, 0.6) is 5.75 Å². The number of aromatic amines is 1. The second kappa shape index (κ2) is 48.0. The van der Waals surface area contributed by atoms with Crippen LogP contribution in [-0.4, -0.2) is 259 Å². The van der Waals surface area contributed by atoms with E-state index in [-0.39, 0.29) is 44.4 Å². The van der Waals surface area contributed by atoms with E-state index in [1.807, 2.05) is 16.0 Å². The first-order chi connectivity index (χ1) is 54.8. The van der Waals surface area contributed by atoms with Gasteiger partial charge in [0.15, 0.2) is 5.96 Å². The van der Waals surface area contributed by atoms with Gasteiger partial charge in [-0.3, -0.25) is 86.9 Å². The van der Waals surface area contributed by atoms with E-state index in [0.29, 0.717) is 22.4 Å². The van der Waals surface area contributed by atoms with Crippen LogP contribution in [0.25, 0.3) is 0 Å². The molecule has 27 N–H and O–H groups in total. The molecule has 43 heteroatoms. The summed E-state index contributed by atoms with van der Waals surface area (Å²) in [5, 5.41) is 103. The minimum atomic E-state index is -2.14. The number of H-pyrrole nitrogens is 1. The number of aliphatic carboxylic acids is 3. The molecule has 632 valence electrons. The van der Waals surface area contributed by atoms with Crippen molar-refractivity contribution >= 4 is 107 Å². The van der Waals surface area contributed by atoms with Gasteiger partial charge in [0, 0.05) is 44.1 Å². The number of phenols is 1.